The van der Waals surface area contributed by atoms with Gasteiger partial charge in [0.2, 0.25) is 5.91 Å². The molecule has 0 aliphatic rings. The predicted molar refractivity (Wildman–Crippen MR) is 148 cm³/mol. The summed E-state index contributed by atoms with van der Waals surface area (Å²) < 4.78 is 33.8. The van der Waals surface area contributed by atoms with Crippen LogP contribution in [0.25, 0.3) is 0 Å². The average Bonchev–Trinajstić information content (AvgIpc) is 2.89. The van der Waals surface area contributed by atoms with E-state index >= 15 is 0 Å². The molecule has 37 heavy (non-hydrogen) atoms. The summed E-state index contributed by atoms with van der Waals surface area (Å²) >= 11 is 12.2. The van der Waals surface area contributed by atoms with E-state index in [0.717, 1.165) is 15.4 Å². The summed E-state index contributed by atoms with van der Waals surface area (Å²) in [6.07, 6.45) is 0. The van der Waals surface area contributed by atoms with Gasteiger partial charge in [-0.05, 0) is 67.1 Å². The number of nitrogens with one attached hydrogen (secondary N) is 1. The minimum Gasteiger partial charge on any atom is -0.489 e. The molecule has 190 valence electrons. The summed E-state index contributed by atoms with van der Waals surface area (Å²) in [4.78, 5) is 13.0. The minimum atomic E-state index is -4.08. The molecule has 0 unspecified atom stereocenters. The number of aryl methyl sites for hydroxylation is 1. The maximum Gasteiger partial charge on any atom is 0.264 e. The summed E-state index contributed by atoms with van der Waals surface area (Å²) in [7, 11) is -4.08. The van der Waals surface area contributed by atoms with Crippen LogP contribution in [-0.2, 0) is 21.4 Å². The summed E-state index contributed by atoms with van der Waals surface area (Å²) in [6.45, 7) is 1.81. The lowest BCUT2D eigenvalue weighted by atomic mass is 10.2. The molecule has 0 bridgehead atoms. The van der Waals surface area contributed by atoms with Gasteiger partial charge in [0.25, 0.3) is 10.0 Å². The molecule has 0 atom stereocenters. The number of sulfonamides is 1. The van der Waals surface area contributed by atoms with Crippen LogP contribution >= 0.6 is 23.2 Å². The first-order valence-electron chi connectivity index (χ1n) is 11.3. The van der Waals surface area contributed by atoms with Gasteiger partial charge in [-0.1, -0.05) is 71.2 Å². The Morgan fingerprint density at radius 1 is 0.865 bits per heavy atom. The Morgan fingerprint density at radius 3 is 2.19 bits per heavy atom. The molecule has 0 saturated carbocycles. The Labute approximate surface area is 226 Å². The normalized spacial score (nSPS) is 11.1. The molecule has 0 heterocycles. The highest BCUT2D eigenvalue weighted by Gasteiger charge is 2.27. The zero-order chi connectivity index (χ0) is 26.4. The van der Waals surface area contributed by atoms with Crippen molar-refractivity contribution in [2.45, 2.75) is 18.4 Å². The summed E-state index contributed by atoms with van der Waals surface area (Å²) in [5.74, 6) is 0.112. The molecule has 0 aromatic heterocycles. The van der Waals surface area contributed by atoms with E-state index in [2.05, 4.69) is 5.32 Å². The summed E-state index contributed by atoms with van der Waals surface area (Å²) in [5.41, 5.74) is 2.67. The summed E-state index contributed by atoms with van der Waals surface area (Å²) in [5, 5.41) is 3.19. The Bertz CT molecular complexity index is 1480. The topological polar surface area (TPSA) is 75.7 Å². The number of benzene rings is 4. The first-order chi connectivity index (χ1) is 17.7. The highest BCUT2D eigenvalue weighted by Crippen LogP contribution is 2.30. The van der Waals surface area contributed by atoms with Crippen molar-refractivity contribution in [2.75, 3.05) is 16.2 Å². The van der Waals surface area contributed by atoms with Crippen LogP contribution in [0, 0.1) is 6.92 Å². The molecule has 9 heteroatoms. The quantitative estimate of drug-likeness (QED) is 0.249. The van der Waals surface area contributed by atoms with Gasteiger partial charge in [-0.15, -0.1) is 0 Å². The standard InChI is InChI=1S/C28H24Cl2N2O4S/c1-20-7-14-25(15-8-20)37(34,35)32(23-11-16-26(29)27(30)17-23)18-28(33)31-22-9-12-24(13-10-22)36-19-21-5-3-2-4-6-21/h2-17H,18-19H2,1H3,(H,31,33). The van der Waals surface area contributed by atoms with Crippen molar-refractivity contribution in [2.24, 2.45) is 0 Å². The minimum absolute atomic E-state index is 0.0527. The number of rotatable bonds is 9. The van der Waals surface area contributed by atoms with Gasteiger partial charge in [-0.3, -0.25) is 9.10 Å². The van der Waals surface area contributed by atoms with Gasteiger partial charge >= 0.3 is 0 Å². The van der Waals surface area contributed by atoms with Gasteiger partial charge in [-0.2, -0.15) is 0 Å². The van der Waals surface area contributed by atoms with Crippen LogP contribution in [0.2, 0.25) is 10.0 Å². The second-order valence-corrected chi connectivity index (χ2v) is 10.9. The van der Waals surface area contributed by atoms with Crippen molar-refractivity contribution in [3.63, 3.8) is 0 Å². The number of carbonyl (C=O) groups is 1. The number of ether oxygens (including phenoxy) is 1. The first kappa shape index (κ1) is 26.5. The van der Waals surface area contributed by atoms with E-state index in [1.54, 1.807) is 36.4 Å². The molecule has 4 rings (SSSR count). The van der Waals surface area contributed by atoms with E-state index in [0.29, 0.717) is 18.0 Å². The van der Waals surface area contributed by atoms with E-state index in [1.807, 2.05) is 37.3 Å². The fourth-order valence-corrected chi connectivity index (χ4v) is 5.20. The molecule has 4 aromatic carbocycles. The summed E-state index contributed by atoms with van der Waals surface area (Å²) in [6, 6.07) is 27.4. The number of carbonyl (C=O) groups excluding carboxylic acids is 1. The van der Waals surface area contributed by atoms with Crippen molar-refractivity contribution in [1.82, 2.24) is 0 Å². The van der Waals surface area contributed by atoms with E-state index in [-0.39, 0.29) is 20.6 Å². The highest BCUT2D eigenvalue weighted by molar-refractivity contribution is 7.92. The second kappa shape index (κ2) is 11.7. The second-order valence-electron chi connectivity index (χ2n) is 8.27. The fourth-order valence-electron chi connectivity index (χ4n) is 3.50. The first-order valence-corrected chi connectivity index (χ1v) is 13.5. The molecule has 0 saturated heterocycles. The third-order valence-corrected chi connectivity index (χ3v) is 8.00. The van der Waals surface area contributed by atoms with Gasteiger partial charge in [-0.25, -0.2) is 8.42 Å². The molecular weight excluding hydrogens is 531 g/mol. The molecule has 0 aliphatic carbocycles. The zero-order valence-electron chi connectivity index (χ0n) is 19.9. The maximum atomic E-state index is 13.5. The van der Waals surface area contributed by atoms with Crippen LogP contribution in [0.3, 0.4) is 0 Å². The van der Waals surface area contributed by atoms with Crippen molar-refractivity contribution in [3.05, 3.63) is 118 Å². The fraction of sp³-hybridized carbons (Fsp3) is 0.107. The Morgan fingerprint density at radius 2 is 1.54 bits per heavy atom. The molecule has 4 aromatic rings. The molecule has 6 nitrogen and oxygen atoms in total. The Kier molecular flexibility index (Phi) is 8.38. The number of nitrogens with zero attached hydrogens (tertiary/aromatic N) is 1. The number of hydrogen-bond donors (Lipinski definition) is 1. The smallest absolute Gasteiger partial charge is 0.264 e. The zero-order valence-corrected chi connectivity index (χ0v) is 22.2. The van der Waals surface area contributed by atoms with Crippen LogP contribution in [0.1, 0.15) is 11.1 Å². The number of anilines is 2. The van der Waals surface area contributed by atoms with Crippen LogP contribution < -0.4 is 14.4 Å². The van der Waals surface area contributed by atoms with E-state index in [1.165, 1.54) is 30.3 Å². The Hall–Kier alpha value is -3.52. The molecule has 0 radical (unpaired) electrons. The molecule has 1 amide bonds. The van der Waals surface area contributed by atoms with Crippen LogP contribution in [0.4, 0.5) is 11.4 Å². The molecular formula is C28H24Cl2N2O4S. The van der Waals surface area contributed by atoms with Crippen molar-refractivity contribution in [1.29, 1.82) is 0 Å². The molecule has 0 aliphatic heterocycles. The van der Waals surface area contributed by atoms with Crippen molar-refractivity contribution >= 4 is 50.5 Å². The van der Waals surface area contributed by atoms with Gasteiger partial charge in [0.15, 0.2) is 0 Å². The van der Waals surface area contributed by atoms with E-state index < -0.39 is 22.5 Å². The molecule has 0 fully saturated rings. The third-order valence-electron chi connectivity index (χ3n) is 5.47. The molecule has 0 spiro atoms. The Balaban J connectivity index is 1.50. The SMILES string of the molecule is Cc1ccc(S(=O)(=O)N(CC(=O)Nc2ccc(OCc3ccccc3)cc2)c2ccc(Cl)c(Cl)c2)cc1. The van der Waals surface area contributed by atoms with E-state index in [4.69, 9.17) is 27.9 Å². The largest absolute Gasteiger partial charge is 0.489 e. The van der Waals surface area contributed by atoms with Crippen LogP contribution in [0.15, 0.2) is 102 Å². The van der Waals surface area contributed by atoms with Crippen LogP contribution in [-0.4, -0.2) is 20.9 Å². The van der Waals surface area contributed by atoms with Gasteiger partial charge < -0.3 is 10.1 Å². The van der Waals surface area contributed by atoms with Crippen LogP contribution in [0.5, 0.6) is 5.75 Å². The van der Waals surface area contributed by atoms with Crippen molar-refractivity contribution < 1.29 is 17.9 Å². The lowest BCUT2D eigenvalue weighted by molar-refractivity contribution is -0.114. The third kappa shape index (κ3) is 6.83. The average molecular weight is 555 g/mol. The lowest BCUT2D eigenvalue weighted by Gasteiger charge is -2.24. The maximum absolute atomic E-state index is 13.5. The number of hydrogen-bond acceptors (Lipinski definition) is 4. The van der Waals surface area contributed by atoms with Crippen molar-refractivity contribution in [3.8, 4) is 5.75 Å². The monoisotopic (exact) mass is 554 g/mol. The molecule has 1 N–H and O–H groups in total. The predicted octanol–water partition coefficient (Wildman–Crippen LogP) is 6.71. The van der Waals surface area contributed by atoms with E-state index in [9.17, 15) is 13.2 Å². The highest BCUT2D eigenvalue weighted by atomic mass is 35.5. The van der Waals surface area contributed by atoms with Gasteiger partial charge in [0.05, 0.1) is 20.6 Å². The van der Waals surface area contributed by atoms with Gasteiger partial charge in [0.1, 0.15) is 18.9 Å². The van der Waals surface area contributed by atoms with Gasteiger partial charge in [0, 0.05) is 5.69 Å². The number of amides is 1. The number of halogens is 2. The lowest BCUT2D eigenvalue weighted by Crippen LogP contribution is -2.38.